The zero-order chi connectivity index (χ0) is 14.8. The van der Waals surface area contributed by atoms with Crippen LogP contribution in [0.2, 0.25) is 0 Å². The Morgan fingerprint density at radius 3 is 2.86 bits per heavy atom. The van der Waals surface area contributed by atoms with E-state index in [0.717, 1.165) is 44.8 Å². The van der Waals surface area contributed by atoms with Crippen molar-refractivity contribution in [1.82, 2.24) is 9.80 Å². The molecule has 2 aliphatic rings. The first kappa shape index (κ1) is 14.9. The van der Waals surface area contributed by atoms with Crippen molar-refractivity contribution in [2.24, 2.45) is 5.92 Å². The van der Waals surface area contributed by atoms with Crippen LogP contribution >= 0.6 is 0 Å². The Kier molecular flexibility index (Phi) is 4.52. The fourth-order valence-electron chi connectivity index (χ4n) is 3.32. The second-order valence-electron chi connectivity index (χ2n) is 6.20. The number of piperidine rings is 1. The number of hydrogen-bond acceptors (Lipinski definition) is 3. The van der Waals surface area contributed by atoms with Crippen molar-refractivity contribution in [3.63, 3.8) is 0 Å². The second kappa shape index (κ2) is 6.38. The maximum absolute atomic E-state index is 13.3. The fraction of sp³-hybridized carbons (Fsp3) is 0.625. The van der Waals surface area contributed by atoms with E-state index < -0.39 is 11.6 Å². The van der Waals surface area contributed by atoms with E-state index in [4.69, 9.17) is 4.74 Å². The van der Waals surface area contributed by atoms with Gasteiger partial charge in [0, 0.05) is 32.1 Å². The van der Waals surface area contributed by atoms with Crippen LogP contribution < -0.4 is 0 Å². The molecular formula is C16H22F2N2O. The predicted octanol–water partition coefficient (Wildman–Crippen LogP) is 2.12. The average Bonchev–Trinajstić information content (AvgIpc) is 2.63. The van der Waals surface area contributed by atoms with Gasteiger partial charge in [-0.05, 0) is 37.7 Å². The Hall–Kier alpha value is -1.04. The second-order valence-corrected chi connectivity index (χ2v) is 6.20. The monoisotopic (exact) mass is 296 g/mol. The highest BCUT2D eigenvalue weighted by Gasteiger charge is 2.32. The highest BCUT2D eigenvalue weighted by molar-refractivity contribution is 5.17. The molecule has 1 aromatic carbocycles. The summed E-state index contributed by atoms with van der Waals surface area (Å²) in [6.07, 6.45) is 1.35. The number of fused-ring (bicyclic) bond motifs is 1. The van der Waals surface area contributed by atoms with Gasteiger partial charge in [-0.3, -0.25) is 4.90 Å². The molecule has 21 heavy (non-hydrogen) atoms. The van der Waals surface area contributed by atoms with Crippen molar-refractivity contribution >= 4 is 0 Å². The molecule has 2 atom stereocenters. The standard InChI is InChI=1S/C16H22F2N2O/c1-19-6-7-21-16-11-20(5-4-13(16)10-19)9-12-2-3-14(17)15(18)8-12/h2-3,8,13,16H,4-7,9-11H2,1H3/t13-,16-/m1/s1. The Balaban J connectivity index is 1.62. The molecular weight excluding hydrogens is 274 g/mol. The Bertz CT molecular complexity index is 497. The summed E-state index contributed by atoms with van der Waals surface area (Å²) in [5.41, 5.74) is 0.818. The lowest BCUT2D eigenvalue weighted by atomic mass is 9.93. The van der Waals surface area contributed by atoms with Crippen molar-refractivity contribution in [3.8, 4) is 0 Å². The van der Waals surface area contributed by atoms with Crippen LogP contribution in [-0.4, -0.2) is 55.7 Å². The molecule has 5 heteroatoms. The summed E-state index contributed by atoms with van der Waals surface area (Å²) >= 11 is 0. The molecule has 0 aromatic heterocycles. The molecule has 0 amide bonds. The molecule has 2 saturated heterocycles. The molecule has 0 unspecified atom stereocenters. The van der Waals surface area contributed by atoms with Crippen LogP contribution in [0, 0.1) is 17.6 Å². The fourth-order valence-corrected chi connectivity index (χ4v) is 3.32. The third-order valence-corrected chi connectivity index (χ3v) is 4.52. The first-order chi connectivity index (χ1) is 10.1. The van der Waals surface area contributed by atoms with E-state index in [1.54, 1.807) is 6.07 Å². The number of halogens is 2. The number of ether oxygens (including phenoxy) is 1. The van der Waals surface area contributed by atoms with Gasteiger partial charge in [-0.25, -0.2) is 8.78 Å². The Morgan fingerprint density at radius 2 is 2.05 bits per heavy atom. The van der Waals surface area contributed by atoms with Crippen LogP contribution in [0.3, 0.4) is 0 Å². The highest BCUT2D eigenvalue weighted by Crippen LogP contribution is 2.24. The number of rotatable bonds is 2. The zero-order valence-corrected chi connectivity index (χ0v) is 12.4. The van der Waals surface area contributed by atoms with E-state index in [9.17, 15) is 8.78 Å². The summed E-state index contributed by atoms with van der Waals surface area (Å²) in [6.45, 7) is 5.35. The molecule has 116 valence electrons. The number of hydrogen-bond donors (Lipinski definition) is 0. The van der Waals surface area contributed by atoms with Gasteiger partial charge < -0.3 is 9.64 Å². The lowest BCUT2D eigenvalue weighted by Gasteiger charge is -2.37. The average molecular weight is 296 g/mol. The summed E-state index contributed by atoms with van der Waals surface area (Å²) in [6, 6.07) is 4.16. The van der Waals surface area contributed by atoms with Crippen molar-refractivity contribution in [2.45, 2.75) is 19.1 Å². The van der Waals surface area contributed by atoms with Crippen molar-refractivity contribution < 1.29 is 13.5 Å². The summed E-state index contributed by atoms with van der Waals surface area (Å²) < 4.78 is 32.2. The van der Waals surface area contributed by atoms with Crippen LogP contribution in [-0.2, 0) is 11.3 Å². The quantitative estimate of drug-likeness (QED) is 0.831. The van der Waals surface area contributed by atoms with Gasteiger partial charge in [0.1, 0.15) is 0 Å². The smallest absolute Gasteiger partial charge is 0.159 e. The summed E-state index contributed by atoms with van der Waals surface area (Å²) in [5, 5.41) is 0. The van der Waals surface area contributed by atoms with Gasteiger partial charge in [-0.2, -0.15) is 0 Å². The van der Waals surface area contributed by atoms with Gasteiger partial charge in [0.2, 0.25) is 0 Å². The van der Waals surface area contributed by atoms with E-state index in [1.165, 1.54) is 12.1 Å². The molecule has 0 aliphatic carbocycles. The first-order valence-corrected chi connectivity index (χ1v) is 7.58. The molecule has 2 heterocycles. The molecule has 0 radical (unpaired) electrons. The Labute approximate surface area is 124 Å². The van der Waals surface area contributed by atoms with Crippen LogP contribution in [0.5, 0.6) is 0 Å². The van der Waals surface area contributed by atoms with E-state index >= 15 is 0 Å². The molecule has 2 aliphatic heterocycles. The number of nitrogens with zero attached hydrogens (tertiary/aromatic N) is 2. The van der Waals surface area contributed by atoms with Crippen molar-refractivity contribution in [1.29, 1.82) is 0 Å². The van der Waals surface area contributed by atoms with Crippen molar-refractivity contribution in [3.05, 3.63) is 35.4 Å². The van der Waals surface area contributed by atoms with E-state index in [1.807, 2.05) is 0 Å². The number of likely N-dealkylation sites (tertiary alicyclic amines) is 1. The lowest BCUT2D eigenvalue weighted by molar-refractivity contribution is -0.0241. The van der Waals surface area contributed by atoms with Gasteiger partial charge in [0.15, 0.2) is 11.6 Å². The summed E-state index contributed by atoms with van der Waals surface area (Å²) in [7, 11) is 2.14. The molecule has 2 fully saturated rings. The summed E-state index contributed by atoms with van der Waals surface area (Å²) in [5.74, 6) is -0.971. The SMILES string of the molecule is CN1CCO[C@@H]2CN(Cc3ccc(F)c(F)c3)CC[C@@H]2C1. The maximum atomic E-state index is 13.3. The normalized spacial score (nSPS) is 28.1. The molecule has 0 N–H and O–H groups in total. The van der Waals surface area contributed by atoms with Gasteiger partial charge >= 0.3 is 0 Å². The van der Waals surface area contributed by atoms with Crippen LogP contribution in [0.15, 0.2) is 18.2 Å². The van der Waals surface area contributed by atoms with E-state index in [-0.39, 0.29) is 6.10 Å². The zero-order valence-electron chi connectivity index (χ0n) is 12.4. The lowest BCUT2D eigenvalue weighted by Crippen LogP contribution is -2.46. The third-order valence-electron chi connectivity index (χ3n) is 4.52. The van der Waals surface area contributed by atoms with Crippen molar-refractivity contribution in [2.75, 3.05) is 39.8 Å². The van der Waals surface area contributed by atoms with Crippen LogP contribution in [0.25, 0.3) is 0 Å². The molecule has 1 aromatic rings. The highest BCUT2D eigenvalue weighted by atomic mass is 19.2. The number of benzene rings is 1. The first-order valence-electron chi connectivity index (χ1n) is 7.58. The third kappa shape index (κ3) is 3.59. The minimum atomic E-state index is -0.785. The molecule has 0 bridgehead atoms. The Morgan fingerprint density at radius 1 is 1.19 bits per heavy atom. The van der Waals surface area contributed by atoms with E-state index in [0.29, 0.717) is 12.5 Å². The molecule has 0 spiro atoms. The molecule has 0 saturated carbocycles. The van der Waals surface area contributed by atoms with E-state index in [2.05, 4.69) is 16.8 Å². The van der Waals surface area contributed by atoms with Gasteiger partial charge in [-0.1, -0.05) is 6.07 Å². The number of likely N-dealkylation sites (N-methyl/N-ethyl adjacent to an activating group) is 1. The molecule has 3 rings (SSSR count). The van der Waals surface area contributed by atoms with Crippen LogP contribution in [0.4, 0.5) is 8.78 Å². The van der Waals surface area contributed by atoms with Gasteiger partial charge in [0.05, 0.1) is 12.7 Å². The van der Waals surface area contributed by atoms with Crippen LogP contribution in [0.1, 0.15) is 12.0 Å². The van der Waals surface area contributed by atoms with Gasteiger partial charge in [-0.15, -0.1) is 0 Å². The minimum Gasteiger partial charge on any atom is -0.375 e. The minimum absolute atomic E-state index is 0.258. The summed E-state index contributed by atoms with van der Waals surface area (Å²) in [4.78, 5) is 4.61. The van der Waals surface area contributed by atoms with Gasteiger partial charge in [0.25, 0.3) is 0 Å². The molecule has 3 nitrogen and oxygen atoms in total. The largest absolute Gasteiger partial charge is 0.375 e. The topological polar surface area (TPSA) is 15.7 Å². The predicted molar refractivity (Wildman–Crippen MR) is 77.0 cm³/mol. The maximum Gasteiger partial charge on any atom is 0.159 e.